The third-order valence-corrected chi connectivity index (χ3v) is 4.92. The molecule has 9 nitrogen and oxygen atoms in total. The average molecular weight is 409 g/mol. The molecule has 134 valence electrons. The van der Waals surface area contributed by atoms with E-state index in [2.05, 4.69) is 31.0 Å². The van der Waals surface area contributed by atoms with E-state index in [0.29, 0.717) is 15.3 Å². The number of halogens is 1. The molecule has 0 saturated carbocycles. The van der Waals surface area contributed by atoms with Gasteiger partial charge in [0.1, 0.15) is 0 Å². The molecule has 1 aromatic carbocycles. The van der Waals surface area contributed by atoms with Crippen molar-refractivity contribution >= 4 is 57.9 Å². The zero-order valence-corrected chi connectivity index (χ0v) is 15.6. The lowest BCUT2D eigenvalue weighted by molar-refractivity contribution is -0.113. The van der Waals surface area contributed by atoms with E-state index in [1.54, 1.807) is 23.9 Å². The van der Waals surface area contributed by atoms with Crippen molar-refractivity contribution in [1.82, 2.24) is 19.9 Å². The van der Waals surface area contributed by atoms with Gasteiger partial charge in [-0.2, -0.15) is 5.10 Å². The first-order valence-electron chi connectivity index (χ1n) is 7.19. The monoisotopic (exact) mass is 408 g/mol. The maximum absolute atomic E-state index is 11.8. The predicted molar refractivity (Wildman–Crippen MR) is 104 cm³/mol. The van der Waals surface area contributed by atoms with Gasteiger partial charge in [-0.25, -0.2) is 15.1 Å². The summed E-state index contributed by atoms with van der Waals surface area (Å²) in [5.74, 6) is 6.05. The van der Waals surface area contributed by atoms with E-state index in [-0.39, 0.29) is 17.6 Å². The van der Waals surface area contributed by atoms with Crippen molar-refractivity contribution in [2.75, 3.05) is 22.3 Å². The molecule has 0 aliphatic carbocycles. The molecular formula is C14H13ClN8OS2. The van der Waals surface area contributed by atoms with Gasteiger partial charge in [0.25, 0.3) is 5.95 Å². The van der Waals surface area contributed by atoms with Crippen LogP contribution in [0, 0.1) is 0 Å². The Balaban J connectivity index is 1.54. The normalized spacial score (nSPS) is 11.0. The minimum Gasteiger partial charge on any atom is -0.334 e. The summed E-state index contributed by atoms with van der Waals surface area (Å²) >= 11 is 8.53. The van der Waals surface area contributed by atoms with Crippen LogP contribution in [-0.4, -0.2) is 37.7 Å². The number of hydrogen-bond acceptors (Lipinski definition) is 9. The highest BCUT2D eigenvalue weighted by atomic mass is 35.5. The highest BCUT2D eigenvalue weighted by molar-refractivity contribution is 7.99. The number of amides is 1. The number of nitrogen functional groups attached to an aromatic ring is 1. The molecule has 0 radical (unpaired) electrons. The fourth-order valence-corrected chi connectivity index (χ4v) is 3.15. The number of carbonyl (C=O) groups excluding carboxylic acids is 1. The number of aromatic nitrogens is 4. The lowest BCUT2D eigenvalue weighted by atomic mass is 10.2. The summed E-state index contributed by atoms with van der Waals surface area (Å²) in [6.45, 7) is 0. The Bertz CT molecular complexity index is 912. The number of nitrogens with zero attached hydrogens (tertiary/aromatic N) is 5. The van der Waals surface area contributed by atoms with Crippen LogP contribution >= 0.6 is 34.7 Å². The summed E-state index contributed by atoms with van der Waals surface area (Å²) in [7, 11) is 0. The quantitative estimate of drug-likeness (QED) is 0.237. The Morgan fingerprint density at radius 2 is 2.27 bits per heavy atom. The first-order chi connectivity index (χ1) is 12.6. The minimum absolute atomic E-state index is 0.123. The van der Waals surface area contributed by atoms with Gasteiger partial charge in [-0.15, -0.1) is 21.5 Å². The number of nitrogens with two attached hydrogens (primary N) is 1. The van der Waals surface area contributed by atoms with Crippen LogP contribution in [0.1, 0.15) is 5.56 Å². The van der Waals surface area contributed by atoms with Gasteiger partial charge in [-0.1, -0.05) is 41.6 Å². The number of benzene rings is 1. The van der Waals surface area contributed by atoms with Crippen LogP contribution in [0.4, 0.5) is 11.1 Å². The number of carbonyl (C=O) groups is 1. The largest absolute Gasteiger partial charge is 0.334 e. The molecule has 3 aromatic rings. The average Bonchev–Trinajstić information content (AvgIpc) is 3.25. The molecule has 12 heteroatoms. The SMILES string of the molecule is Nn1c(N/N=C/c2ccccc2Cl)nnc1SCC(=O)Nc1nccs1. The van der Waals surface area contributed by atoms with Gasteiger partial charge in [0.15, 0.2) is 5.13 Å². The number of hydrazone groups is 1. The Morgan fingerprint density at radius 3 is 3.04 bits per heavy atom. The minimum atomic E-state index is -0.209. The highest BCUT2D eigenvalue weighted by Crippen LogP contribution is 2.18. The van der Waals surface area contributed by atoms with Gasteiger partial charge >= 0.3 is 0 Å². The third kappa shape index (κ3) is 4.71. The van der Waals surface area contributed by atoms with Crippen molar-refractivity contribution in [3.63, 3.8) is 0 Å². The van der Waals surface area contributed by atoms with Gasteiger partial charge in [-0.3, -0.25) is 4.79 Å². The second-order valence-electron chi connectivity index (χ2n) is 4.74. The fraction of sp³-hybridized carbons (Fsp3) is 0.0714. The van der Waals surface area contributed by atoms with E-state index in [1.165, 1.54) is 16.0 Å². The maximum atomic E-state index is 11.8. The molecule has 2 aromatic heterocycles. The van der Waals surface area contributed by atoms with Gasteiger partial charge in [0.2, 0.25) is 11.1 Å². The van der Waals surface area contributed by atoms with Crippen LogP contribution < -0.4 is 16.6 Å². The summed E-state index contributed by atoms with van der Waals surface area (Å²) in [6, 6.07) is 7.27. The molecule has 0 atom stereocenters. The Hall–Kier alpha value is -2.63. The van der Waals surface area contributed by atoms with Crippen molar-refractivity contribution in [2.24, 2.45) is 5.10 Å². The molecule has 0 fully saturated rings. The van der Waals surface area contributed by atoms with Crippen LogP contribution in [0.5, 0.6) is 0 Å². The first-order valence-corrected chi connectivity index (χ1v) is 9.44. The maximum Gasteiger partial charge on any atom is 0.264 e. The summed E-state index contributed by atoms with van der Waals surface area (Å²) < 4.78 is 1.21. The van der Waals surface area contributed by atoms with Gasteiger partial charge in [0.05, 0.1) is 12.0 Å². The van der Waals surface area contributed by atoms with Crippen molar-refractivity contribution in [3.05, 3.63) is 46.4 Å². The van der Waals surface area contributed by atoms with Crippen LogP contribution in [0.25, 0.3) is 0 Å². The molecule has 4 N–H and O–H groups in total. The van der Waals surface area contributed by atoms with E-state index >= 15 is 0 Å². The number of anilines is 2. The number of nitrogens with one attached hydrogen (secondary N) is 2. The summed E-state index contributed by atoms with van der Waals surface area (Å²) in [6.07, 6.45) is 3.16. The second kappa shape index (κ2) is 8.65. The molecule has 3 rings (SSSR count). The van der Waals surface area contributed by atoms with Crippen LogP contribution in [0.15, 0.2) is 46.1 Å². The molecule has 0 spiro atoms. The molecule has 0 unspecified atom stereocenters. The molecule has 0 aliphatic heterocycles. The van der Waals surface area contributed by atoms with E-state index in [0.717, 1.165) is 17.3 Å². The number of thiazole rings is 1. The summed E-state index contributed by atoms with van der Waals surface area (Å²) in [5, 5.41) is 17.8. The topological polar surface area (TPSA) is 123 Å². The Labute approximate surface area is 161 Å². The third-order valence-electron chi connectivity index (χ3n) is 2.95. The zero-order chi connectivity index (χ0) is 18.4. The molecule has 2 heterocycles. The lowest BCUT2D eigenvalue weighted by Crippen LogP contribution is -2.16. The Kier molecular flexibility index (Phi) is 6.04. The molecular weight excluding hydrogens is 396 g/mol. The van der Waals surface area contributed by atoms with Gasteiger partial charge in [0, 0.05) is 22.2 Å². The highest BCUT2D eigenvalue weighted by Gasteiger charge is 2.12. The molecule has 0 bridgehead atoms. The van der Waals surface area contributed by atoms with Crippen LogP contribution in [0.2, 0.25) is 5.02 Å². The van der Waals surface area contributed by atoms with Crippen molar-refractivity contribution < 1.29 is 4.79 Å². The standard InChI is InChI=1S/C14H13ClN8OS2/c15-10-4-2-1-3-9(10)7-18-20-12-21-22-14(23(12)16)26-8-11(24)19-13-17-5-6-25-13/h1-7H,8,16H2,(H,20,21)(H,17,19,24)/b18-7+. The fourth-order valence-electron chi connectivity index (χ4n) is 1.76. The summed E-state index contributed by atoms with van der Waals surface area (Å²) in [4.78, 5) is 15.8. The second-order valence-corrected chi connectivity index (χ2v) is 6.99. The molecule has 0 aliphatic rings. The van der Waals surface area contributed by atoms with E-state index in [4.69, 9.17) is 17.4 Å². The number of thioether (sulfide) groups is 1. The zero-order valence-electron chi connectivity index (χ0n) is 13.2. The van der Waals surface area contributed by atoms with Gasteiger partial charge < -0.3 is 11.2 Å². The van der Waals surface area contributed by atoms with E-state index < -0.39 is 0 Å². The number of hydrogen-bond donors (Lipinski definition) is 3. The molecule has 26 heavy (non-hydrogen) atoms. The van der Waals surface area contributed by atoms with Crippen LogP contribution in [0.3, 0.4) is 0 Å². The van der Waals surface area contributed by atoms with E-state index in [9.17, 15) is 4.79 Å². The van der Waals surface area contributed by atoms with Crippen LogP contribution in [-0.2, 0) is 4.79 Å². The van der Waals surface area contributed by atoms with Crippen molar-refractivity contribution in [3.8, 4) is 0 Å². The Morgan fingerprint density at radius 1 is 1.42 bits per heavy atom. The predicted octanol–water partition coefficient (Wildman–Crippen LogP) is 2.28. The lowest BCUT2D eigenvalue weighted by Gasteiger charge is -2.03. The molecule has 0 saturated heterocycles. The van der Waals surface area contributed by atoms with Gasteiger partial charge in [-0.05, 0) is 6.07 Å². The van der Waals surface area contributed by atoms with Crippen molar-refractivity contribution in [1.29, 1.82) is 0 Å². The first kappa shape index (κ1) is 18.2. The van der Waals surface area contributed by atoms with Crippen molar-refractivity contribution in [2.45, 2.75) is 5.16 Å². The number of rotatable bonds is 7. The van der Waals surface area contributed by atoms with E-state index in [1.807, 2.05) is 18.2 Å². The summed E-state index contributed by atoms with van der Waals surface area (Å²) in [5.41, 5.74) is 3.43. The molecule has 1 amide bonds. The smallest absolute Gasteiger partial charge is 0.264 e.